The molecular weight excluding hydrogens is 278 g/mol. The Kier molecular flexibility index (Phi) is 3.75. The highest BCUT2D eigenvalue weighted by atomic mass is 16.3. The molecule has 2 aromatic heterocycles. The molecule has 0 saturated heterocycles. The molecule has 3 rings (SSSR count). The molecular formula is C18H19NO3. The van der Waals surface area contributed by atoms with Crippen LogP contribution in [0.15, 0.2) is 45.4 Å². The lowest BCUT2D eigenvalue weighted by Crippen LogP contribution is -2.26. The van der Waals surface area contributed by atoms with Gasteiger partial charge in [-0.2, -0.15) is 0 Å². The summed E-state index contributed by atoms with van der Waals surface area (Å²) in [6.45, 7) is 4.37. The van der Waals surface area contributed by atoms with Crippen LogP contribution in [0.4, 0.5) is 0 Å². The summed E-state index contributed by atoms with van der Waals surface area (Å²) in [6, 6.07) is 9.65. The highest BCUT2D eigenvalue weighted by molar-refractivity contribution is 5.95. The zero-order valence-electron chi connectivity index (χ0n) is 13.1. The van der Waals surface area contributed by atoms with Gasteiger partial charge in [0, 0.05) is 31.0 Å². The highest BCUT2D eigenvalue weighted by Crippen LogP contribution is 2.27. The lowest BCUT2D eigenvalue weighted by atomic mass is 10.1. The van der Waals surface area contributed by atoms with Crippen molar-refractivity contribution < 1.29 is 13.6 Å². The number of rotatable bonds is 4. The standard InChI is InChI=1S/C18H19NO3/c1-4-16-15(14-7-5-6-8-17(14)22-16)11-19(3)18(20)13-9-10-21-12(13)2/h5-10H,4,11H2,1-3H3. The van der Waals surface area contributed by atoms with Crippen LogP contribution in [0.1, 0.15) is 34.4 Å². The van der Waals surface area contributed by atoms with E-state index in [1.807, 2.05) is 24.3 Å². The smallest absolute Gasteiger partial charge is 0.257 e. The second-order valence-corrected chi connectivity index (χ2v) is 5.41. The number of amides is 1. The third-order valence-electron chi connectivity index (χ3n) is 3.93. The van der Waals surface area contributed by atoms with Gasteiger partial charge in [-0.1, -0.05) is 25.1 Å². The fourth-order valence-electron chi connectivity index (χ4n) is 2.73. The van der Waals surface area contributed by atoms with Crippen LogP contribution in [0, 0.1) is 6.92 Å². The summed E-state index contributed by atoms with van der Waals surface area (Å²) in [6.07, 6.45) is 2.35. The number of carbonyl (C=O) groups excluding carboxylic acids is 1. The molecule has 0 fully saturated rings. The first-order valence-corrected chi connectivity index (χ1v) is 7.40. The average Bonchev–Trinajstić information content (AvgIpc) is 3.10. The fourth-order valence-corrected chi connectivity index (χ4v) is 2.73. The van der Waals surface area contributed by atoms with Crippen LogP contribution in [0.3, 0.4) is 0 Å². The minimum absolute atomic E-state index is 0.0430. The first-order chi connectivity index (χ1) is 10.6. The highest BCUT2D eigenvalue weighted by Gasteiger charge is 2.20. The Labute approximate surface area is 129 Å². The van der Waals surface area contributed by atoms with Gasteiger partial charge in [-0.25, -0.2) is 0 Å². The third-order valence-corrected chi connectivity index (χ3v) is 3.93. The van der Waals surface area contributed by atoms with E-state index >= 15 is 0 Å². The number of para-hydroxylation sites is 1. The minimum atomic E-state index is -0.0430. The molecule has 0 aliphatic heterocycles. The largest absolute Gasteiger partial charge is 0.469 e. The SMILES string of the molecule is CCc1oc2ccccc2c1CN(C)C(=O)c1ccoc1C. The van der Waals surface area contributed by atoms with Gasteiger partial charge < -0.3 is 13.7 Å². The maximum Gasteiger partial charge on any atom is 0.257 e. The van der Waals surface area contributed by atoms with E-state index in [0.29, 0.717) is 17.9 Å². The molecule has 0 atom stereocenters. The Morgan fingerprint density at radius 3 is 2.68 bits per heavy atom. The summed E-state index contributed by atoms with van der Waals surface area (Å²) < 4.78 is 11.1. The number of carbonyl (C=O) groups is 1. The average molecular weight is 297 g/mol. The van der Waals surface area contributed by atoms with Gasteiger partial charge in [-0.15, -0.1) is 0 Å². The van der Waals surface area contributed by atoms with Crippen LogP contribution in [-0.4, -0.2) is 17.9 Å². The molecule has 114 valence electrons. The Hall–Kier alpha value is -2.49. The van der Waals surface area contributed by atoms with Crippen LogP contribution in [0.2, 0.25) is 0 Å². The van der Waals surface area contributed by atoms with E-state index in [1.54, 1.807) is 31.2 Å². The van der Waals surface area contributed by atoms with Gasteiger partial charge in [0.1, 0.15) is 17.1 Å². The first kappa shape index (κ1) is 14.4. The van der Waals surface area contributed by atoms with Gasteiger partial charge in [0.25, 0.3) is 5.91 Å². The lowest BCUT2D eigenvalue weighted by Gasteiger charge is -2.17. The Morgan fingerprint density at radius 1 is 1.23 bits per heavy atom. The molecule has 0 unspecified atom stereocenters. The van der Waals surface area contributed by atoms with Crippen molar-refractivity contribution in [3.8, 4) is 0 Å². The second-order valence-electron chi connectivity index (χ2n) is 5.41. The van der Waals surface area contributed by atoms with Gasteiger partial charge in [0.15, 0.2) is 0 Å². The van der Waals surface area contributed by atoms with Crippen LogP contribution in [0.5, 0.6) is 0 Å². The fraction of sp³-hybridized carbons (Fsp3) is 0.278. The van der Waals surface area contributed by atoms with E-state index < -0.39 is 0 Å². The number of hydrogen-bond acceptors (Lipinski definition) is 3. The summed E-state index contributed by atoms with van der Waals surface area (Å²) in [5.41, 5.74) is 2.55. The number of hydrogen-bond donors (Lipinski definition) is 0. The van der Waals surface area contributed by atoms with Crippen LogP contribution < -0.4 is 0 Å². The molecule has 0 aliphatic rings. The van der Waals surface area contributed by atoms with E-state index in [1.165, 1.54) is 0 Å². The van der Waals surface area contributed by atoms with Crippen molar-refractivity contribution in [3.05, 3.63) is 59.2 Å². The predicted octanol–water partition coefficient (Wildman–Crippen LogP) is 4.17. The van der Waals surface area contributed by atoms with Gasteiger partial charge in [0.2, 0.25) is 0 Å². The molecule has 4 heteroatoms. The van der Waals surface area contributed by atoms with Gasteiger partial charge in [-0.3, -0.25) is 4.79 Å². The normalized spacial score (nSPS) is 11.0. The molecule has 0 N–H and O–H groups in total. The molecule has 22 heavy (non-hydrogen) atoms. The summed E-state index contributed by atoms with van der Waals surface area (Å²) >= 11 is 0. The molecule has 0 bridgehead atoms. The van der Waals surface area contributed by atoms with Crippen molar-refractivity contribution in [1.29, 1.82) is 0 Å². The monoisotopic (exact) mass is 297 g/mol. The summed E-state index contributed by atoms with van der Waals surface area (Å²) in [5, 5.41) is 1.07. The molecule has 0 radical (unpaired) electrons. The number of benzene rings is 1. The Balaban J connectivity index is 1.92. The number of nitrogens with zero attached hydrogens (tertiary/aromatic N) is 1. The van der Waals surface area contributed by atoms with Crippen molar-refractivity contribution in [2.24, 2.45) is 0 Å². The van der Waals surface area contributed by atoms with Crippen molar-refractivity contribution in [2.75, 3.05) is 7.05 Å². The first-order valence-electron chi connectivity index (χ1n) is 7.40. The van der Waals surface area contributed by atoms with Crippen LogP contribution in [-0.2, 0) is 13.0 Å². The summed E-state index contributed by atoms with van der Waals surface area (Å²) in [7, 11) is 1.80. The zero-order valence-corrected chi connectivity index (χ0v) is 13.1. The van der Waals surface area contributed by atoms with E-state index in [4.69, 9.17) is 8.83 Å². The summed E-state index contributed by atoms with van der Waals surface area (Å²) in [4.78, 5) is 14.2. The molecule has 1 amide bonds. The van der Waals surface area contributed by atoms with E-state index in [-0.39, 0.29) is 5.91 Å². The third kappa shape index (κ3) is 2.41. The van der Waals surface area contributed by atoms with Crippen molar-refractivity contribution in [1.82, 2.24) is 4.90 Å². The second kappa shape index (κ2) is 5.72. The van der Waals surface area contributed by atoms with E-state index in [0.717, 1.165) is 28.7 Å². The molecule has 0 aliphatic carbocycles. The van der Waals surface area contributed by atoms with Gasteiger partial charge in [0.05, 0.1) is 11.8 Å². The molecule has 1 aromatic carbocycles. The predicted molar refractivity (Wildman–Crippen MR) is 84.8 cm³/mol. The van der Waals surface area contributed by atoms with E-state index in [2.05, 4.69) is 6.92 Å². The Morgan fingerprint density at radius 2 is 2.00 bits per heavy atom. The van der Waals surface area contributed by atoms with E-state index in [9.17, 15) is 4.79 Å². The van der Waals surface area contributed by atoms with Crippen molar-refractivity contribution in [2.45, 2.75) is 26.8 Å². The Bertz CT molecular complexity index is 813. The molecule has 0 saturated carbocycles. The quantitative estimate of drug-likeness (QED) is 0.726. The van der Waals surface area contributed by atoms with Gasteiger partial charge in [-0.05, 0) is 19.1 Å². The number of furan rings is 2. The van der Waals surface area contributed by atoms with Crippen molar-refractivity contribution in [3.63, 3.8) is 0 Å². The molecule has 4 nitrogen and oxygen atoms in total. The number of aryl methyl sites for hydroxylation is 2. The number of fused-ring (bicyclic) bond motifs is 1. The molecule has 3 aromatic rings. The maximum atomic E-state index is 12.5. The molecule has 2 heterocycles. The lowest BCUT2D eigenvalue weighted by molar-refractivity contribution is 0.0783. The minimum Gasteiger partial charge on any atom is -0.469 e. The molecule has 0 spiro atoms. The zero-order chi connectivity index (χ0) is 15.7. The maximum absolute atomic E-state index is 12.5. The summed E-state index contributed by atoms with van der Waals surface area (Å²) in [5.74, 6) is 1.54. The van der Waals surface area contributed by atoms with Crippen LogP contribution >= 0.6 is 0 Å². The van der Waals surface area contributed by atoms with Crippen LogP contribution in [0.25, 0.3) is 11.0 Å². The topological polar surface area (TPSA) is 46.6 Å². The van der Waals surface area contributed by atoms with Gasteiger partial charge >= 0.3 is 0 Å². The van der Waals surface area contributed by atoms with Crippen molar-refractivity contribution >= 4 is 16.9 Å².